The van der Waals surface area contributed by atoms with Crippen molar-refractivity contribution in [2.75, 3.05) is 44.4 Å². The van der Waals surface area contributed by atoms with Gasteiger partial charge in [0.25, 0.3) is 0 Å². The molecule has 0 aromatic carbocycles. The number of rotatable bonds is 10. The first kappa shape index (κ1) is 17.5. The number of aryl methyl sites for hydroxylation is 2. The van der Waals surface area contributed by atoms with Gasteiger partial charge in [0, 0.05) is 33.4 Å². The molecule has 1 heterocycles. The van der Waals surface area contributed by atoms with E-state index in [4.69, 9.17) is 20.6 Å². The average Bonchev–Trinajstić information content (AvgIpc) is 2.72. The van der Waals surface area contributed by atoms with Gasteiger partial charge in [-0.15, -0.1) is 0 Å². The maximum absolute atomic E-state index is 7.79. The number of anilines is 1. The Kier molecular flexibility index (Phi) is 7.18. The molecule has 0 aliphatic heterocycles. The van der Waals surface area contributed by atoms with Crippen LogP contribution >= 0.6 is 0 Å². The van der Waals surface area contributed by atoms with Crippen LogP contribution in [0.15, 0.2) is 0 Å². The van der Waals surface area contributed by atoms with E-state index in [1.807, 2.05) is 27.8 Å². The van der Waals surface area contributed by atoms with Crippen LogP contribution in [0.3, 0.4) is 0 Å². The number of ether oxygens (including phenoxy) is 2. The summed E-state index contributed by atoms with van der Waals surface area (Å²) in [6.07, 6.45) is 0. The Morgan fingerprint density at radius 1 is 1.24 bits per heavy atom. The fourth-order valence-electron chi connectivity index (χ4n) is 2.29. The van der Waals surface area contributed by atoms with Crippen molar-refractivity contribution in [3.8, 4) is 0 Å². The quantitative estimate of drug-likeness (QED) is 0.380. The first-order valence-electron chi connectivity index (χ1n) is 7.31. The molecule has 120 valence electrons. The maximum Gasteiger partial charge on any atom is 0.138 e. The molecular formula is C14H27N5O2. The number of hydrogen-bond donors (Lipinski definition) is 2. The minimum absolute atomic E-state index is 0.0356. The average molecular weight is 297 g/mol. The molecule has 3 N–H and O–H groups in total. The van der Waals surface area contributed by atoms with Gasteiger partial charge in [0.05, 0.1) is 24.5 Å². The highest BCUT2D eigenvalue weighted by Gasteiger charge is 2.21. The van der Waals surface area contributed by atoms with Gasteiger partial charge in [0.2, 0.25) is 0 Å². The third-order valence-electron chi connectivity index (χ3n) is 3.18. The second-order valence-corrected chi connectivity index (χ2v) is 4.70. The van der Waals surface area contributed by atoms with Crippen LogP contribution in [0, 0.1) is 12.3 Å². The summed E-state index contributed by atoms with van der Waals surface area (Å²) in [4.78, 5) is 2.11. The Morgan fingerprint density at radius 2 is 1.76 bits per heavy atom. The van der Waals surface area contributed by atoms with E-state index in [2.05, 4.69) is 10.00 Å². The summed E-state index contributed by atoms with van der Waals surface area (Å²) in [5, 5.41) is 12.2. The van der Waals surface area contributed by atoms with Gasteiger partial charge in [-0.05, 0) is 20.8 Å². The first-order valence-corrected chi connectivity index (χ1v) is 7.31. The maximum atomic E-state index is 7.79. The molecule has 0 unspecified atom stereocenters. The zero-order valence-corrected chi connectivity index (χ0v) is 13.5. The number of nitrogens with zero attached hydrogens (tertiary/aromatic N) is 3. The third kappa shape index (κ3) is 4.71. The largest absolute Gasteiger partial charge is 0.384 e. The second-order valence-electron chi connectivity index (χ2n) is 4.70. The lowest BCUT2D eigenvalue weighted by Crippen LogP contribution is -2.34. The van der Waals surface area contributed by atoms with Crippen molar-refractivity contribution in [3.05, 3.63) is 11.3 Å². The van der Waals surface area contributed by atoms with E-state index in [1.165, 1.54) is 0 Å². The summed E-state index contributed by atoms with van der Waals surface area (Å²) in [5.74, 6) is 0.882. The fourth-order valence-corrected chi connectivity index (χ4v) is 2.29. The van der Waals surface area contributed by atoms with Gasteiger partial charge in [0.15, 0.2) is 0 Å². The molecule has 0 amide bonds. The second kappa shape index (κ2) is 8.63. The highest BCUT2D eigenvalue weighted by Crippen LogP contribution is 2.22. The van der Waals surface area contributed by atoms with Gasteiger partial charge in [-0.1, -0.05) is 0 Å². The Bertz CT molecular complexity index is 448. The fraction of sp³-hybridized carbons (Fsp3) is 0.714. The molecule has 7 nitrogen and oxygen atoms in total. The summed E-state index contributed by atoms with van der Waals surface area (Å²) in [6, 6.07) is 0. The SMILES string of the molecule is CCOCCN(CCOCC)c1c(C(=N)N)c(C)nn1C. The lowest BCUT2D eigenvalue weighted by Gasteiger charge is -2.25. The minimum Gasteiger partial charge on any atom is -0.384 e. The molecule has 0 radical (unpaired) electrons. The number of nitrogens with two attached hydrogens (primary N) is 1. The Hall–Kier alpha value is -1.60. The molecule has 0 aliphatic rings. The molecule has 0 spiro atoms. The number of hydrogen-bond acceptors (Lipinski definition) is 5. The van der Waals surface area contributed by atoms with Gasteiger partial charge < -0.3 is 20.1 Å². The molecule has 0 fully saturated rings. The van der Waals surface area contributed by atoms with E-state index < -0.39 is 0 Å². The molecule has 0 saturated carbocycles. The van der Waals surface area contributed by atoms with Gasteiger partial charge in [-0.2, -0.15) is 5.10 Å². The highest BCUT2D eigenvalue weighted by molar-refractivity contribution is 6.00. The molecule has 0 saturated heterocycles. The van der Waals surface area contributed by atoms with Crippen LogP contribution in [-0.4, -0.2) is 55.1 Å². The summed E-state index contributed by atoms with van der Waals surface area (Å²) in [6.45, 7) is 9.82. The molecule has 1 rings (SSSR count). The molecule has 1 aromatic heterocycles. The highest BCUT2D eigenvalue weighted by atomic mass is 16.5. The van der Waals surface area contributed by atoms with E-state index in [0.717, 1.165) is 11.5 Å². The Labute approximate surface area is 126 Å². The van der Waals surface area contributed by atoms with Crippen molar-refractivity contribution in [1.29, 1.82) is 5.41 Å². The van der Waals surface area contributed by atoms with E-state index in [-0.39, 0.29) is 5.84 Å². The zero-order chi connectivity index (χ0) is 15.8. The van der Waals surface area contributed by atoms with E-state index in [0.29, 0.717) is 45.1 Å². The first-order chi connectivity index (χ1) is 10.0. The number of aromatic nitrogens is 2. The summed E-state index contributed by atoms with van der Waals surface area (Å²) < 4.78 is 12.7. The smallest absolute Gasteiger partial charge is 0.138 e. The topological polar surface area (TPSA) is 89.4 Å². The normalized spacial score (nSPS) is 10.9. The number of amidine groups is 1. The van der Waals surface area contributed by atoms with Crippen LogP contribution in [-0.2, 0) is 16.5 Å². The van der Waals surface area contributed by atoms with E-state index in [1.54, 1.807) is 4.68 Å². The van der Waals surface area contributed by atoms with Crippen molar-refractivity contribution in [1.82, 2.24) is 9.78 Å². The standard InChI is InChI=1S/C14H27N5O2/c1-5-20-9-7-19(8-10-21-6-2)14-12(13(15)16)11(3)17-18(14)4/h5-10H2,1-4H3,(H3,15,16). The van der Waals surface area contributed by atoms with Crippen molar-refractivity contribution < 1.29 is 9.47 Å². The predicted octanol–water partition coefficient (Wildman–Crippen LogP) is 0.892. The molecule has 0 aliphatic carbocycles. The van der Waals surface area contributed by atoms with Gasteiger partial charge in [-0.25, -0.2) is 0 Å². The summed E-state index contributed by atoms with van der Waals surface area (Å²) >= 11 is 0. The lowest BCUT2D eigenvalue weighted by molar-refractivity contribution is 0.141. The van der Waals surface area contributed by atoms with Crippen molar-refractivity contribution >= 4 is 11.7 Å². The van der Waals surface area contributed by atoms with Crippen LogP contribution in [0.25, 0.3) is 0 Å². The third-order valence-corrected chi connectivity index (χ3v) is 3.18. The van der Waals surface area contributed by atoms with Gasteiger partial charge in [0.1, 0.15) is 11.7 Å². The van der Waals surface area contributed by atoms with Crippen molar-refractivity contribution in [3.63, 3.8) is 0 Å². The van der Waals surface area contributed by atoms with Crippen LogP contribution in [0.1, 0.15) is 25.1 Å². The number of nitrogens with one attached hydrogen (secondary N) is 1. The minimum atomic E-state index is 0.0356. The zero-order valence-electron chi connectivity index (χ0n) is 13.5. The van der Waals surface area contributed by atoms with Crippen molar-refractivity contribution in [2.45, 2.75) is 20.8 Å². The molecule has 7 heteroatoms. The molecule has 1 aromatic rings. The predicted molar refractivity (Wildman–Crippen MR) is 84.2 cm³/mol. The van der Waals surface area contributed by atoms with E-state index >= 15 is 0 Å². The molecule has 0 atom stereocenters. The van der Waals surface area contributed by atoms with E-state index in [9.17, 15) is 0 Å². The van der Waals surface area contributed by atoms with Crippen LogP contribution in [0.4, 0.5) is 5.82 Å². The monoisotopic (exact) mass is 297 g/mol. The van der Waals surface area contributed by atoms with Gasteiger partial charge >= 0.3 is 0 Å². The van der Waals surface area contributed by atoms with Crippen LogP contribution in [0.5, 0.6) is 0 Å². The number of nitrogen functional groups attached to an aromatic ring is 1. The summed E-state index contributed by atoms with van der Waals surface area (Å²) in [7, 11) is 1.86. The van der Waals surface area contributed by atoms with Gasteiger partial charge in [-0.3, -0.25) is 10.1 Å². The van der Waals surface area contributed by atoms with Crippen LogP contribution < -0.4 is 10.6 Å². The Morgan fingerprint density at radius 3 is 2.19 bits per heavy atom. The van der Waals surface area contributed by atoms with Crippen LogP contribution in [0.2, 0.25) is 0 Å². The molecule has 0 bridgehead atoms. The van der Waals surface area contributed by atoms with Crippen molar-refractivity contribution in [2.24, 2.45) is 12.8 Å². The molecular weight excluding hydrogens is 270 g/mol. The Balaban J connectivity index is 2.97. The summed E-state index contributed by atoms with van der Waals surface area (Å²) in [5.41, 5.74) is 7.16. The lowest BCUT2D eigenvalue weighted by atomic mass is 10.2. The molecule has 21 heavy (non-hydrogen) atoms.